The highest BCUT2D eigenvalue weighted by molar-refractivity contribution is 7.90. The fourth-order valence-electron chi connectivity index (χ4n) is 3.47. The first-order chi connectivity index (χ1) is 11.7. The van der Waals surface area contributed by atoms with Gasteiger partial charge in [0.2, 0.25) is 10.0 Å². The van der Waals surface area contributed by atoms with Crippen molar-refractivity contribution in [1.82, 2.24) is 18.8 Å². The number of nitrogens with one attached hydrogen (secondary N) is 1. The third-order valence-corrected chi connectivity index (χ3v) is 8.01. The molecule has 2 fully saturated rings. The number of aromatic amines is 1. The van der Waals surface area contributed by atoms with Gasteiger partial charge in [-0.05, 0) is 33.1 Å². The zero-order chi connectivity index (χ0) is 18.4. The van der Waals surface area contributed by atoms with Gasteiger partial charge in [0.1, 0.15) is 0 Å². The lowest BCUT2D eigenvalue weighted by atomic mass is 10.1. The Labute approximate surface area is 147 Å². The summed E-state index contributed by atoms with van der Waals surface area (Å²) in [4.78, 5) is 28.3. The highest BCUT2D eigenvalue weighted by Crippen LogP contribution is 2.33. The summed E-state index contributed by atoms with van der Waals surface area (Å²) in [7, 11) is -1.71. The number of hydrogen-bond donors (Lipinski definition) is 1. The van der Waals surface area contributed by atoms with Gasteiger partial charge in [-0.2, -0.15) is 4.31 Å². The van der Waals surface area contributed by atoms with E-state index in [-0.39, 0.29) is 22.9 Å². The minimum Gasteiger partial charge on any atom is -0.314 e. The first kappa shape index (κ1) is 18.3. The van der Waals surface area contributed by atoms with E-state index in [1.54, 1.807) is 4.31 Å². The Hall–Kier alpha value is -1.45. The van der Waals surface area contributed by atoms with Crippen LogP contribution in [-0.4, -0.2) is 64.1 Å². The molecule has 1 N–H and O–H groups in total. The number of sulfonamides is 1. The van der Waals surface area contributed by atoms with Gasteiger partial charge in [-0.1, -0.05) is 0 Å². The van der Waals surface area contributed by atoms with Crippen LogP contribution >= 0.6 is 0 Å². The first-order valence-corrected chi connectivity index (χ1v) is 10.3. The molecule has 1 aromatic rings. The second-order valence-corrected chi connectivity index (χ2v) is 9.27. The Morgan fingerprint density at radius 2 is 1.84 bits per heavy atom. The Morgan fingerprint density at radius 1 is 1.16 bits per heavy atom. The lowest BCUT2D eigenvalue weighted by molar-refractivity contribution is 0.0858. The van der Waals surface area contributed by atoms with Crippen LogP contribution in [0.15, 0.2) is 15.8 Å². The van der Waals surface area contributed by atoms with Crippen LogP contribution in [0.4, 0.5) is 0 Å². The van der Waals surface area contributed by atoms with Gasteiger partial charge < -0.3 is 4.98 Å². The summed E-state index contributed by atoms with van der Waals surface area (Å²) in [5.74, 6) is 0. The molecule has 8 nitrogen and oxygen atoms in total. The molecule has 140 valence electrons. The van der Waals surface area contributed by atoms with Gasteiger partial charge in [0.25, 0.3) is 5.56 Å². The van der Waals surface area contributed by atoms with Crippen LogP contribution in [0.1, 0.15) is 32.3 Å². The highest BCUT2D eigenvalue weighted by Gasteiger charge is 2.45. The molecule has 0 bridgehead atoms. The van der Waals surface area contributed by atoms with Crippen molar-refractivity contribution >= 4 is 10.0 Å². The van der Waals surface area contributed by atoms with Crippen molar-refractivity contribution in [3.05, 3.63) is 32.6 Å². The average Bonchev–Trinajstić information content (AvgIpc) is 3.41. The van der Waals surface area contributed by atoms with Gasteiger partial charge in [-0.3, -0.25) is 14.3 Å². The lowest BCUT2D eigenvalue weighted by Crippen LogP contribution is -2.59. The number of aromatic nitrogens is 2. The molecule has 0 unspecified atom stereocenters. The van der Waals surface area contributed by atoms with E-state index < -0.39 is 15.7 Å². The van der Waals surface area contributed by atoms with Crippen LogP contribution in [0.3, 0.4) is 0 Å². The lowest BCUT2D eigenvalue weighted by Gasteiger charge is -2.44. The summed E-state index contributed by atoms with van der Waals surface area (Å²) in [6.45, 7) is 5.79. The summed E-state index contributed by atoms with van der Waals surface area (Å²) >= 11 is 0. The number of rotatable bonds is 5. The Kier molecular flexibility index (Phi) is 4.91. The zero-order valence-electron chi connectivity index (χ0n) is 14.9. The molecule has 0 spiro atoms. The molecule has 1 aliphatic heterocycles. The minimum absolute atomic E-state index is 0.0777. The van der Waals surface area contributed by atoms with E-state index in [1.165, 1.54) is 13.2 Å². The van der Waals surface area contributed by atoms with Crippen LogP contribution < -0.4 is 11.2 Å². The third kappa shape index (κ3) is 3.45. The molecular weight excluding hydrogens is 344 g/mol. The topological polar surface area (TPSA) is 95.5 Å². The van der Waals surface area contributed by atoms with Crippen LogP contribution in [0.2, 0.25) is 0 Å². The molecule has 0 radical (unpaired) electrons. The van der Waals surface area contributed by atoms with Crippen molar-refractivity contribution in [3.8, 4) is 0 Å². The van der Waals surface area contributed by atoms with E-state index in [1.807, 2.05) is 13.8 Å². The maximum absolute atomic E-state index is 12.5. The van der Waals surface area contributed by atoms with Gasteiger partial charge in [-0.25, -0.2) is 13.2 Å². The number of hydrogen-bond acceptors (Lipinski definition) is 5. The maximum atomic E-state index is 12.5. The molecule has 1 aliphatic carbocycles. The van der Waals surface area contributed by atoms with Gasteiger partial charge in [-0.15, -0.1) is 0 Å². The van der Waals surface area contributed by atoms with Crippen molar-refractivity contribution in [1.29, 1.82) is 0 Å². The van der Waals surface area contributed by atoms with E-state index in [2.05, 4.69) is 9.88 Å². The molecule has 9 heteroatoms. The molecule has 1 saturated carbocycles. The number of nitrogens with zero attached hydrogens (tertiary/aromatic N) is 3. The monoisotopic (exact) mass is 370 g/mol. The summed E-state index contributed by atoms with van der Waals surface area (Å²) in [6, 6.07) is -0.00773. The fraction of sp³-hybridized carbons (Fsp3) is 0.750. The van der Waals surface area contributed by atoms with Crippen molar-refractivity contribution in [2.45, 2.75) is 50.4 Å². The van der Waals surface area contributed by atoms with Crippen molar-refractivity contribution in [3.63, 3.8) is 0 Å². The predicted octanol–water partition coefficient (Wildman–Crippen LogP) is -0.497. The third-order valence-electron chi connectivity index (χ3n) is 5.53. The smallest absolute Gasteiger partial charge is 0.314 e. The van der Waals surface area contributed by atoms with Crippen molar-refractivity contribution < 1.29 is 8.42 Å². The molecule has 2 atom stereocenters. The average molecular weight is 370 g/mol. The second kappa shape index (κ2) is 6.69. The zero-order valence-corrected chi connectivity index (χ0v) is 15.8. The molecule has 0 aromatic carbocycles. The van der Waals surface area contributed by atoms with E-state index in [0.29, 0.717) is 31.6 Å². The van der Waals surface area contributed by atoms with E-state index in [0.717, 1.165) is 17.4 Å². The normalized spacial score (nSPS) is 26.0. The van der Waals surface area contributed by atoms with Gasteiger partial charge in [0, 0.05) is 50.5 Å². The second-order valence-electron chi connectivity index (χ2n) is 7.11. The van der Waals surface area contributed by atoms with Gasteiger partial charge >= 0.3 is 5.69 Å². The van der Waals surface area contributed by atoms with E-state index >= 15 is 0 Å². The SMILES string of the molecule is C[C@@H]1[C@H](C)N(CCc2c[nH]c(=O)n(C)c2=O)CCN1S(=O)(=O)C1CC1. The summed E-state index contributed by atoms with van der Waals surface area (Å²) in [5, 5.41) is -0.183. The molecule has 2 aliphatic rings. The molecule has 0 amide bonds. The Bertz CT molecular complexity index is 856. The van der Waals surface area contributed by atoms with Crippen molar-refractivity contribution in [2.75, 3.05) is 19.6 Å². The predicted molar refractivity (Wildman–Crippen MR) is 95.2 cm³/mol. The summed E-state index contributed by atoms with van der Waals surface area (Å²) in [6.07, 6.45) is 3.56. The molecule has 25 heavy (non-hydrogen) atoms. The molecular formula is C16H26N4O4S. The highest BCUT2D eigenvalue weighted by atomic mass is 32.2. The Morgan fingerprint density at radius 3 is 2.48 bits per heavy atom. The van der Waals surface area contributed by atoms with Crippen molar-refractivity contribution in [2.24, 2.45) is 7.05 Å². The van der Waals surface area contributed by atoms with E-state index in [9.17, 15) is 18.0 Å². The van der Waals surface area contributed by atoms with Gasteiger partial charge in [0.15, 0.2) is 0 Å². The summed E-state index contributed by atoms with van der Waals surface area (Å²) in [5.41, 5.74) is -0.135. The number of piperazine rings is 1. The fourth-order valence-corrected chi connectivity index (χ4v) is 5.56. The molecule has 2 heterocycles. The van der Waals surface area contributed by atoms with Crippen LogP contribution in [0.25, 0.3) is 0 Å². The molecule has 3 rings (SSSR count). The summed E-state index contributed by atoms with van der Waals surface area (Å²) < 4.78 is 27.8. The number of H-pyrrole nitrogens is 1. The van der Waals surface area contributed by atoms with Crippen LogP contribution in [-0.2, 0) is 23.5 Å². The van der Waals surface area contributed by atoms with E-state index in [4.69, 9.17) is 0 Å². The minimum atomic E-state index is -3.16. The maximum Gasteiger partial charge on any atom is 0.328 e. The Balaban J connectivity index is 1.67. The standard InChI is InChI=1S/C16H26N4O4S/c1-11-12(2)20(25(23,24)14-4-5-14)9-8-19(11)7-6-13-10-17-16(22)18(3)15(13)21/h10-12,14H,4-9H2,1-3H3,(H,17,22)/t11-,12+/m0/s1. The quantitative estimate of drug-likeness (QED) is 0.754. The van der Waals surface area contributed by atoms with Crippen LogP contribution in [0, 0.1) is 0 Å². The van der Waals surface area contributed by atoms with Crippen LogP contribution in [0.5, 0.6) is 0 Å². The largest absolute Gasteiger partial charge is 0.328 e. The molecule has 1 aromatic heterocycles. The first-order valence-electron chi connectivity index (χ1n) is 8.75. The molecule has 1 saturated heterocycles. The van der Waals surface area contributed by atoms with Gasteiger partial charge in [0.05, 0.1) is 5.25 Å².